The molecule has 0 aliphatic heterocycles. The number of nitriles is 1. The molecule has 1 N–H and O–H groups in total. The molecule has 0 amide bonds. The van der Waals surface area contributed by atoms with E-state index in [1.807, 2.05) is 6.92 Å². The fourth-order valence-electron chi connectivity index (χ4n) is 0.360. The fraction of sp³-hybridized carbons (Fsp3) is 0.800. The molecule has 2 nitrogen and oxygen atoms in total. The summed E-state index contributed by atoms with van der Waals surface area (Å²) in [5.74, 6) is 0. The Morgan fingerprint density at radius 2 is 2.25 bits per heavy atom. The molecule has 0 saturated heterocycles. The second kappa shape index (κ2) is 6.74. The molecule has 0 aromatic rings. The van der Waals surface area contributed by atoms with Crippen LogP contribution in [-0.4, -0.2) is 13.1 Å². The zero-order valence-corrected chi connectivity index (χ0v) is 5.96. The van der Waals surface area contributed by atoms with E-state index >= 15 is 0 Å². The number of halogens is 1. The maximum Gasteiger partial charge on any atom is 0.0947 e. The van der Waals surface area contributed by atoms with Gasteiger partial charge in [0.1, 0.15) is 0 Å². The lowest BCUT2D eigenvalue weighted by Crippen LogP contribution is -2.21. The SMILES string of the molecule is CCC(C#N)NC.Cl. The van der Waals surface area contributed by atoms with Crippen LogP contribution in [0.1, 0.15) is 13.3 Å². The van der Waals surface area contributed by atoms with Crippen molar-refractivity contribution >= 4 is 12.4 Å². The van der Waals surface area contributed by atoms with Crippen molar-refractivity contribution in [2.75, 3.05) is 7.05 Å². The predicted octanol–water partition coefficient (Wildman–Crippen LogP) is 0.930. The van der Waals surface area contributed by atoms with Crippen LogP contribution in [-0.2, 0) is 0 Å². The van der Waals surface area contributed by atoms with Crippen molar-refractivity contribution < 1.29 is 0 Å². The van der Waals surface area contributed by atoms with E-state index in [-0.39, 0.29) is 18.4 Å². The normalized spacial score (nSPS) is 11.1. The average molecular weight is 135 g/mol. The molecule has 0 aromatic heterocycles. The third kappa shape index (κ3) is 3.91. The molecule has 0 fully saturated rings. The Labute approximate surface area is 56.3 Å². The smallest absolute Gasteiger partial charge is 0.0947 e. The minimum absolute atomic E-state index is 0. The van der Waals surface area contributed by atoms with E-state index in [9.17, 15) is 0 Å². The molecule has 8 heavy (non-hydrogen) atoms. The summed E-state index contributed by atoms with van der Waals surface area (Å²) in [7, 11) is 1.79. The number of hydrogen-bond acceptors (Lipinski definition) is 2. The van der Waals surface area contributed by atoms with Crippen molar-refractivity contribution in [1.29, 1.82) is 5.26 Å². The lowest BCUT2D eigenvalue weighted by atomic mass is 10.3. The Hall–Kier alpha value is -0.260. The fourth-order valence-corrected chi connectivity index (χ4v) is 0.360. The molecule has 1 atom stereocenters. The zero-order chi connectivity index (χ0) is 5.70. The molecule has 0 radical (unpaired) electrons. The highest BCUT2D eigenvalue weighted by molar-refractivity contribution is 5.85. The van der Waals surface area contributed by atoms with Crippen LogP contribution in [0.15, 0.2) is 0 Å². The first kappa shape index (κ1) is 10.7. The van der Waals surface area contributed by atoms with Crippen molar-refractivity contribution in [3.05, 3.63) is 0 Å². The molecule has 0 heterocycles. The molecule has 0 rings (SSSR count). The van der Waals surface area contributed by atoms with Gasteiger partial charge in [-0.15, -0.1) is 12.4 Å². The van der Waals surface area contributed by atoms with Gasteiger partial charge in [0.15, 0.2) is 0 Å². The van der Waals surface area contributed by atoms with Gasteiger partial charge < -0.3 is 5.32 Å². The van der Waals surface area contributed by atoms with Crippen molar-refractivity contribution in [3.63, 3.8) is 0 Å². The molecule has 0 aliphatic carbocycles. The number of rotatable bonds is 2. The van der Waals surface area contributed by atoms with Gasteiger partial charge in [0.2, 0.25) is 0 Å². The topological polar surface area (TPSA) is 35.8 Å². The summed E-state index contributed by atoms with van der Waals surface area (Å²) in [4.78, 5) is 0. The van der Waals surface area contributed by atoms with Gasteiger partial charge in [-0.1, -0.05) is 6.92 Å². The van der Waals surface area contributed by atoms with E-state index in [2.05, 4.69) is 11.4 Å². The van der Waals surface area contributed by atoms with Crippen LogP contribution in [0.3, 0.4) is 0 Å². The van der Waals surface area contributed by atoms with Crippen LogP contribution in [0.5, 0.6) is 0 Å². The Morgan fingerprint density at radius 1 is 1.75 bits per heavy atom. The average Bonchev–Trinajstić information content (AvgIpc) is 1.72. The summed E-state index contributed by atoms with van der Waals surface area (Å²) < 4.78 is 0. The van der Waals surface area contributed by atoms with E-state index in [0.717, 1.165) is 6.42 Å². The molecule has 0 aliphatic rings. The Bertz CT molecular complexity index is 73.0. The van der Waals surface area contributed by atoms with Gasteiger partial charge in [-0.05, 0) is 13.5 Å². The first-order chi connectivity index (χ1) is 3.35. The molecule has 0 saturated carbocycles. The number of nitrogens with zero attached hydrogens (tertiary/aromatic N) is 1. The first-order valence-electron chi connectivity index (χ1n) is 2.42. The molecular weight excluding hydrogens is 124 g/mol. The highest BCUT2D eigenvalue weighted by Crippen LogP contribution is 1.82. The van der Waals surface area contributed by atoms with Crippen molar-refractivity contribution in [1.82, 2.24) is 5.32 Å². The quantitative estimate of drug-likeness (QED) is 0.610. The minimum Gasteiger partial charge on any atom is -0.305 e. The maximum atomic E-state index is 8.21. The molecule has 0 aromatic carbocycles. The highest BCUT2D eigenvalue weighted by Gasteiger charge is 1.94. The summed E-state index contributed by atoms with van der Waals surface area (Å²) >= 11 is 0. The number of nitrogens with one attached hydrogen (secondary N) is 1. The van der Waals surface area contributed by atoms with Crippen molar-refractivity contribution in [3.8, 4) is 6.07 Å². The van der Waals surface area contributed by atoms with Gasteiger partial charge in [-0.2, -0.15) is 5.26 Å². The Kier molecular flexibility index (Phi) is 8.99. The van der Waals surface area contributed by atoms with Gasteiger partial charge in [-0.25, -0.2) is 0 Å². The third-order valence-corrected chi connectivity index (χ3v) is 0.913. The molecular formula is C5H11ClN2. The van der Waals surface area contributed by atoms with Gasteiger partial charge >= 0.3 is 0 Å². The van der Waals surface area contributed by atoms with Gasteiger partial charge in [0.25, 0.3) is 0 Å². The van der Waals surface area contributed by atoms with Crippen LogP contribution in [0.2, 0.25) is 0 Å². The van der Waals surface area contributed by atoms with Crippen molar-refractivity contribution in [2.45, 2.75) is 19.4 Å². The van der Waals surface area contributed by atoms with E-state index in [4.69, 9.17) is 5.26 Å². The van der Waals surface area contributed by atoms with Gasteiger partial charge in [-0.3, -0.25) is 0 Å². The standard InChI is InChI=1S/C5H10N2.ClH/c1-3-5(4-6)7-2;/h5,7H,3H2,1-2H3;1H. The summed E-state index contributed by atoms with van der Waals surface area (Å²) in [6.45, 7) is 1.98. The summed E-state index contributed by atoms with van der Waals surface area (Å²) in [5.41, 5.74) is 0. The molecule has 1 unspecified atom stereocenters. The van der Waals surface area contributed by atoms with Crippen LogP contribution >= 0.6 is 12.4 Å². The predicted molar refractivity (Wildman–Crippen MR) is 36.0 cm³/mol. The minimum atomic E-state index is 0. The van der Waals surface area contributed by atoms with Crippen LogP contribution in [0.25, 0.3) is 0 Å². The lowest BCUT2D eigenvalue weighted by molar-refractivity contribution is 0.659. The second-order valence-electron chi connectivity index (χ2n) is 1.38. The Balaban J connectivity index is 0. The van der Waals surface area contributed by atoms with Crippen LogP contribution < -0.4 is 5.32 Å². The lowest BCUT2D eigenvalue weighted by Gasteiger charge is -1.98. The first-order valence-corrected chi connectivity index (χ1v) is 2.42. The summed E-state index contributed by atoms with van der Waals surface area (Å²) in [5, 5.41) is 11.1. The Morgan fingerprint density at radius 3 is 2.25 bits per heavy atom. The molecule has 0 spiro atoms. The molecule has 3 heteroatoms. The maximum absolute atomic E-state index is 8.21. The van der Waals surface area contributed by atoms with Gasteiger partial charge in [0.05, 0.1) is 12.1 Å². The van der Waals surface area contributed by atoms with Crippen molar-refractivity contribution in [2.24, 2.45) is 0 Å². The van der Waals surface area contributed by atoms with Crippen LogP contribution in [0, 0.1) is 11.3 Å². The monoisotopic (exact) mass is 134 g/mol. The summed E-state index contributed by atoms with van der Waals surface area (Å²) in [6, 6.07) is 2.13. The molecule has 0 bridgehead atoms. The van der Waals surface area contributed by atoms with E-state index in [1.54, 1.807) is 7.05 Å². The summed E-state index contributed by atoms with van der Waals surface area (Å²) in [6.07, 6.45) is 0.882. The van der Waals surface area contributed by atoms with Crippen LogP contribution in [0.4, 0.5) is 0 Å². The van der Waals surface area contributed by atoms with E-state index < -0.39 is 0 Å². The van der Waals surface area contributed by atoms with Gasteiger partial charge in [0, 0.05) is 0 Å². The number of hydrogen-bond donors (Lipinski definition) is 1. The zero-order valence-electron chi connectivity index (χ0n) is 5.14. The largest absolute Gasteiger partial charge is 0.305 e. The van der Waals surface area contributed by atoms with E-state index in [1.165, 1.54) is 0 Å². The highest BCUT2D eigenvalue weighted by atomic mass is 35.5. The third-order valence-electron chi connectivity index (χ3n) is 0.913. The van der Waals surface area contributed by atoms with E-state index in [0.29, 0.717) is 0 Å². The molecule has 48 valence electrons. The second-order valence-corrected chi connectivity index (χ2v) is 1.38.